The second-order valence-corrected chi connectivity index (χ2v) is 3.99. The smallest absolute Gasteiger partial charge is 0.329 e. The number of aliphatic carboxylic acids is 1. The molecule has 0 radical (unpaired) electrons. The van der Waals surface area contributed by atoms with Gasteiger partial charge in [0.15, 0.2) is 0 Å². The average Bonchev–Trinajstić information content (AvgIpc) is 2.24. The van der Waals surface area contributed by atoms with E-state index in [1.807, 2.05) is 43.1 Å². The quantitative estimate of drug-likeness (QED) is 0.822. The molecular formula is C12H14ClNO2. The SMILES string of the molecule is CC(c1cccc(Cl)c1)N(C)C=CC(=O)O. The first-order valence-corrected chi connectivity index (χ1v) is 5.27. The Kier molecular flexibility index (Phi) is 4.38. The highest BCUT2D eigenvalue weighted by atomic mass is 35.5. The van der Waals surface area contributed by atoms with Gasteiger partial charge in [-0.3, -0.25) is 0 Å². The summed E-state index contributed by atoms with van der Waals surface area (Å²) < 4.78 is 0. The Labute approximate surface area is 100.0 Å². The summed E-state index contributed by atoms with van der Waals surface area (Å²) in [5.41, 5.74) is 1.05. The first kappa shape index (κ1) is 12.6. The summed E-state index contributed by atoms with van der Waals surface area (Å²) in [6.45, 7) is 1.98. The molecule has 0 aliphatic carbocycles. The molecule has 0 saturated carbocycles. The van der Waals surface area contributed by atoms with Gasteiger partial charge >= 0.3 is 5.97 Å². The molecule has 1 aromatic rings. The van der Waals surface area contributed by atoms with Gasteiger partial charge in [0.05, 0.1) is 6.04 Å². The van der Waals surface area contributed by atoms with Crippen LogP contribution in [0.1, 0.15) is 18.5 Å². The minimum Gasteiger partial charge on any atom is -0.478 e. The van der Waals surface area contributed by atoms with Gasteiger partial charge in [-0.25, -0.2) is 4.79 Å². The Hall–Kier alpha value is -1.48. The van der Waals surface area contributed by atoms with Gasteiger partial charge in [-0.05, 0) is 24.6 Å². The number of hydrogen-bond acceptors (Lipinski definition) is 2. The van der Waals surface area contributed by atoms with Crippen molar-refractivity contribution in [2.45, 2.75) is 13.0 Å². The minimum absolute atomic E-state index is 0.0781. The number of nitrogens with zero attached hydrogens (tertiary/aromatic N) is 1. The highest BCUT2D eigenvalue weighted by Gasteiger charge is 2.08. The van der Waals surface area contributed by atoms with Crippen molar-refractivity contribution >= 4 is 17.6 Å². The van der Waals surface area contributed by atoms with Crippen molar-refractivity contribution in [2.75, 3.05) is 7.05 Å². The van der Waals surface area contributed by atoms with E-state index in [1.165, 1.54) is 6.20 Å². The lowest BCUT2D eigenvalue weighted by molar-refractivity contribution is -0.131. The molecule has 0 aliphatic heterocycles. The standard InChI is InChI=1S/C12H14ClNO2/c1-9(14(2)7-6-12(15)16)10-4-3-5-11(13)8-10/h3-9H,1-2H3,(H,15,16). The maximum absolute atomic E-state index is 10.4. The summed E-state index contributed by atoms with van der Waals surface area (Å²) in [6.07, 6.45) is 2.65. The van der Waals surface area contributed by atoms with E-state index < -0.39 is 5.97 Å². The number of benzene rings is 1. The van der Waals surface area contributed by atoms with Crippen molar-refractivity contribution in [1.82, 2.24) is 4.90 Å². The van der Waals surface area contributed by atoms with E-state index >= 15 is 0 Å². The fourth-order valence-corrected chi connectivity index (χ4v) is 1.51. The lowest BCUT2D eigenvalue weighted by Crippen LogP contribution is -2.16. The molecule has 1 rings (SSSR count). The lowest BCUT2D eigenvalue weighted by Gasteiger charge is -2.23. The third kappa shape index (κ3) is 3.59. The number of carbonyl (C=O) groups is 1. The van der Waals surface area contributed by atoms with E-state index in [1.54, 1.807) is 0 Å². The lowest BCUT2D eigenvalue weighted by atomic mass is 10.1. The largest absolute Gasteiger partial charge is 0.478 e. The third-order valence-corrected chi connectivity index (χ3v) is 2.63. The first-order chi connectivity index (χ1) is 7.50. The molecule has 0 bridgehead atoms. The molecule has 4 heteroatoms. The van der Waals surface area contributed by atoms with Crippen LogP contribution in [0.4, 0.5) is 0 Å². The first-order valence-electron chi connectivity index (χ1n) is 4.89. The van der Waals surface area contributed by atoms with E-state index in [9.17, 15) is 4.79 Å². The molecule has 0 saturated heterocycles. The average molecular weight is 240 g/mol. The molecule has 16 heavy (non-hydrogen) atoms. The summed E-state index contributed by atoms with van der Waals surface area (Å²) in [5, 5.41) is 9.20. The van der Waals surface area contributed by atoms with Gasteiger partial charge in [-0.15, -0.1) is 0 Å². The molecule has 3 nitrogen and oxygen atoms in total. The number of rotatable bonds is 4. The van der Waals surface area contributed by atoms with E-state index in [0.717, 1.165) is 11.6 Å². The zero-order chi connectivity index (χ0) is 12.1. The summed E-state index contributed by atoms with van der Waals surface area (Å²) in [5.74, 6) is -0.954. The van der Waals surface area contributed by atoms with Crippen LogP contribution in [0.2, 0.25) is 5.02 Å². The zero-order valence-corrected chi connectivity index (χ0v) is 9.98. The van der Waals surface area contributed by atoms with Crippen molar-refractivity contribution in [1.29, 1.82) is 0 Å². The van der Waals surface area contributed by atoms with E-state index in [0.29, 0.717) is 5.02 Å². The molecule has 0 aromatic heterocycles. The van der Waals surface area contributed by atoms with Gasteiger partial charge < -0.3 is 10.0 Å². The number of hydrogen-bond donors (Lipinski definition) is 1. The predicted molar refractivity (Wildman–Crippen MR) is 64.4 cm³/mol. The van der Waals surface area contributed by atoms with Crippen molar-refractivity contribution in [3.8, 4) is 0 Å². The van der Waals surface area contributed by atoms with E-state index in [4.69, 9.17) is 16.7 Å². The van der Waals surface area contributed by atoms with Crippen molar-refractivity contribution in [3.63, 3.8) is 0 Å². The van der Waals surface area contributed by atoms with Gasteiger partial charge in [-0.1, -0.05) is 23.7 Å². The predicted octanol–water partition coefficient (Wildman–Crippen LogP) is 2.93. The molecule has 86 valence electrons. The maximum atomic E-state index is 10.4. The normalized spacial score (nSPS) is 12.7. The van der Waals surface area contributed by atoms with Crippen LogP contribution in [0.25, 0.3) is 0 Å². The van der Waals surface area contributed by atoms with Crippen LogP contribution in [-0.4, -0.2) is 23.0 Å². The second kappa shape index (κ2) is 5.56. The summed E-state index contributed by atoms with van der Waals surface area (Å²) >= 11 is 5.89. The molecule has 0 aliphatic rings. The number of carboxylic acids is 1. The summed E-state index contributed by atoms with van der Waals surface area (Å²) in [7, 11) is 1.82. The van der Waals surface area contributed by atoms with Gasteiger partial charge in [0, 0.05) is 24.3 Å². The monoisotopic (exact) mass is 239 g/mol. The van der Waals surface area contributed by atoms with Gasteiger partial charge in [-0.2, -0.15) is 0 Å². The van der Waals surface area contributed by atoms with Gasteiger partial charge in [0.1, 0.15) is 0 Å². The fraction of sp³-hybridized carbons (Fsp3) is 0.250. The Bertz CT molecular complexity index is 404. The van der Waals surface area contributed by atoms with Crippen LogP contribution in [-0.2, 0) is 4.79 Å². The highest BCUT2D eigenvalue weighted by molar-refractivity contribution is 6.30. The summed E-state index contributed by atoms with van der Waals surface area (Å²) in [4.78, 5) is 12.2. The molecule has 1 aromatic carbocycles. The topological polar surface area (TPSA) is 40.5 Å². The van der Waals surface area contributed by atoms with Crippen LogP contribution >= 0.6 is 11.6 Å². The van der Waals surface area contributed by atoms with Crippen molar-refractivity contribution < 1.29 is 9.90 Å². The highest BCUT2D eigenvalue weighted by Crippen LogP contribution is 2.21. The molecule has 1 atom stereocenters. The van der Waals surface area contributed by atoms with Crippen molar-refractivity contribution in [2.24, 2.45) is 0 Å². The molecule has 1 N–H and O–H groups in total. The Morgan fingerprint density at radius 1 is 1.56 bits per heavy atom. The summed E-state index contributed by atoms with van der Waals surface area (Å²) in [6, 6.07) is 7.60. The minimum atomic E-state index is -0.954. The second-order valence-electron chi connectivity index (χ2n) is 3.55. The Morgan fingerprint density at radius 3 is 2.81 bits per heavy atom. The van der Waals surface area contributed by atoms with E-state index in [-0.39, 0.29) is 6.04 Å². The van der Waals surface area contributed by atoms with Gasteiger partial charge in [0.2, 0.25) is 0 Å². The molecular weight excluding hydrogens is 226 g/mol. The van der Waals surface area contributed by atoms with Crippen LogP contribution < -0.4 is 0 Å². The molecule has 0 amide bonds. The van der Waals surface area contributed by atoms with E-state index in [2.05, 4.69) is 0 Å². The Morgan fingerprint density at radius 2 is 2.25 bits per heavy atom. The van der Waals surface area contributed by atoms with Crippen LogP contribution in [0.15, 0.2) is 36.5 Å². The van der Waals surface area contributed by atoms with Gasteiger partial charge in [0.25, 0.3) is 0 Å². The van der Waals surface area contributed by atoms with Crippen LogP contribution in [0, 0.1) is 0 Å². The molecule has 1 unspecified atom stereocenters. The maximum Gasteiger partial charge on any atom is 0.329 e. The zero-order valence-electron chi connectivity index (χ0n) is 9.22. The fourth-order valence-electron chi connectivity index (χ4n) is 1.31. The Balaban J connectivity index is 2.77. The van der Waals surface area contributed by atoms with Crippen LogP contribution in [0.5, 0.6) is 0 Å². The molecule has 0 fully saturated rings. The third-order valence-electron chi connectivity index (χ3n) is 2.39. The number of carboxylic acid groups (broad SMARTS) is 1. The number of halogens is 1. The van der Waals surface area contributed by atoms with Crippen LogP contribution in [0.3, 0.4) is 0 Å². The van der Waals surface area contributed by atoms with Crippen molar-refractivity contribution in [3.05, 3.63) is 47.1 Å². The molecule has 0 spiro atoms. The molecule has 0 heterocycles.